The lowest BCUT2D eigenvalue weighted by molar-refractivity contribution is 0.241. The van der Waals surface area contributed by atoms with Crippen molar-refractivity contribution in [3.63, 3.8) is 0 Å². The molecule has 0 saturated carbocycles. The van der Waals surface area contributed by atoms with Crippen LogP contribution in [0.1, 0.15) is 11.1 Å². The van der Waals surface area contributed by atoms with Gasteiger partial charge in [0.25, 0.3) is 5.24 Å². The lowest BCUT2D eigenvalue weighted by Crippen LogP contribution is -2.16. The molecule has 0 fully saturated rings. The predicted octanol–water partition coefficient (Wildman–Crippen LogP) is 2.02. The third-order valence-electron chi connectivity index (χ3n) is 3.39. The molecule has 25 heavy (non-hydrogen) atoms. The van der Waals surface area contributed by atoms with Gasteiger partial charge in [-0.1, -0.05) is 0 Å². The van der Waals surface area contributed by atoms with Crippen LogP contribution in [0.5, 0.6) is 11.5 Å². The number of nitrogens with zero attached hydrogens (tertiary/aromatic N) is 3. The average molecular weight is 363 g/mol. The van der Waals surface area contributed by atoms with Crippen molar-refractivity contribution in [2.45, 2.75) is 11.3 Å². The molecule has 2 rings (SSSR count). The van der Waals surface area contributed by atoms with E-state index in [0.29, 0.717) is 28.6 Å². The molecule has 0 aliphatic rings. The Morgan fingerprint density at radius 2 is 1.80 bits per heavy atom. The minimum absolute atomic E-state index is 0.125. The van der Waals surface area contributed by atoms with E-state index in [1.54, 1.807) is 34.5 Å². The molecule has 134 valence electrons. The monoisotopic (exact) mass is 363 g/mol. The highest BCUT2D eigenvalue weighted by atomic mass is 32.2. The number of carbonyl (C=O) groups is 1. The summed E-state index contributed by atoms with van der Waals surface area (Å²) in [5.74, 6) is 1.55. The standard InChI is InChI=1S/C16H21N5O3S/c1-21(2)16(22)25-13-11(23-3)6-9(7-12(13)24-4)5-10-8-19-15(18)20-14(10)17/h6-8H,5H2,1-4H3,(H4,17,18,19,20). The molecule has 0 atom stereocenters. The highest BCUT2D eigenvalue weighted by molar-refractivity contribution is 8.13. The van der Waals surface area contributed by atoms with Gasteiger partial charge in [0.2, 0.25) is 5.95 Å². The summed E-state index contributed by atoms with van der Waals surface area (Å²) in [5.41, 5.74) is 13.0. The zero-order valence-electron chi connectivity index (χ0n) is 14.6. The normalized spacial score (nSPS) is 10.4. The van der Waals surface area contributed by atoms with Gasteiger partial charge in [-0.3, -0.25) is 4.79 Å². The van der Waals surface area contributed by atoms with E-state index in [2.05, 4.69) is 9.97 Å². The number of rotatable bonds is 5. The van der Waals surface area contributed by atoms with Crippen molar-refractivity contribution in [1.29, 1.82) is 0 Å². The van der Waals surface area contributed by atoms with E-state index in [-0.39, 0.29) is 11.2 Å². The molecule has 1 heterocycles. The van der Waals surface area contributed by atoms with Crippen molar-refractivity contribution in [1.82, 2.24) is 14.9 Å². The van der Waals surface area contributed by atoms with Crippen molar-refractivity contribution in [2.24, 2.45) is 0 Å². The molecular weight excluding hydrogens is 342 g/mol. The highest BCUT2D eigenvalue weighted by Crippen LogP contribution is 2.40. The SMILES string of the molecule is COc1cc(Cc2cnc(N)nc2N)cc(OC)c1SC(=O)N(C)C. The summed E-state index contributed by atoms with van der Waals surface area (Å²) in [5, 5.41) is -0.125. The Hall–Kier alpha value is -2.68. The average Bonchev–Trinajstić information content (AvgIpc) is 2.57. The van der Waals surface area contributed by atoms with Crippen LogP contribution in [0.25, 0.3) is 0 Å². The van der Waals surface area contributed by atoms with E-state index in [4.69, 9.17) is 20.9 Å². The van der Waals surface area contributed by atoms with Crippen LogP contribution in [0.3, 0.4) is 0 Å². The predicted molar refractivity (Wildman–Crippen MR) is 98.1 cm³/mol. The first-order chi connectivity index (χ1) is 11.8. The number of benzene rings is 1. The maximum absolute atomic E-state index is 12.0. The molecule has 0 spiro atoms. The van der Waals surface area contributed by atoms with Gasteiger partial charge in [0.1, 0.15) is 22.2 Å². The molecule has 1 amide bonds. The zero-order chi connectivity index (χ0) is 18.6. The second-order valence-corrected chi connectivity index (χ2v) is 6.37. The molecule has 4 N–H and O–H groups in total. The zero-order valence-corrected chi connectivity index (χ0v) is 15.4. The number of hydrogen-bond acceptors (Lipinski definition) is 8. The van der Waals surface area contributed by atoms with Crippen molar-refractivity contribution in [3.05, 3.63) is 29.5 Å². The van der Waals surface area contributed by atoms with Crippen molar-refractivity contribution < 1.29 is 14.3 Å². The molecule has 0 aliphatic carbocycles. The van der Waals surface area contributed by atoms with Gasteiger partial charge in [0, 0.05) is 32.3 Å². The van der Waals surface area contributed by atoms with Crippen molar-refractivity contribution in [2.75, 3.05) is 39.8 Å². The van der Waals surface area contributed by atoms with Crippen LogP contribution < -0.4 is 20.9 Å². The number of amides is 1. The summed E-state index contributed by atoms with van der Waals surface area (Å²) in [6.45, 7) is 0. The van der Waals surface area contributed by atoms with Gasteiger partial charge < -0.3 is 25.8 Å². The van der Waals surface area contributed by atoms with Crippen LogP contribution in [0.4, 0.5) is 16.6 Å². The first-order valence-electron chi connectivity index (χ1n) is 7.36. The van der Waals surface area contributed by atoms with Crippen LogP contribution in [-0.2, 0) is 6.42 Å². The summed E-state index contributed by atoms with van der Waals surface area (Å²) in [6, 6.07) is 3.67. The van der Waals surface area contributed by atoms with Crippen LogP contribution >= 0.6 is 11.8 Å². The van der Waals surface area contributed by atoms with E-state index in [1.165, 1.54) is 4.90 Å². The Bertz CT molecular complexity index is 757. The minimum atomic E-state index is -0.125. The maximum atomic E-state index is 12.0. The Labute approximate surface area is 150 Å². The van der Waals surface area contributed by atoms with Gasteiger partial charge in [-0.15, -0.1) is 0 Å². The summed E-state index contributed by atoms with van der Waals surface area (Å²) in [4.78, 5) is 22.1. The highest BCUT2D eigenvalue weighted by Gasteiger charge is 2.19. The smallest absolute Gasteiger partial charge is 0.286 e. The quantitative estimate of drug-likeness (QED) is 0.775. The molecular formula is C16H21N5O3S. The second-order valence-electron chi connectivity index (χ2n) is 5.41. The molecule has 0 aliphatic heterocycles. The summed E-state index contributed by atoms with van der Waals surface area (Å²) < 4.78 is 10.9. The topological polar surface area (TPSA) is 117 Å². The number of nitrogen functional groups attached to an aromatic ring is 2. The molecule has 1 aromatic carbocycles. The van der Waals surface area contributed by atoms with Crippen LogP contribution in [0.15, 0.2) is 23.2 Å². The number of hydrogen-bond donors (Lipinski definition) is 2. The van der Waals surface area contributed by atoms with Gasteiger partial charge in [-0.2, -0.15) is 4.98 Å². The Kier molecular flexibility index (Phi) is 5.92. The summed E-state index contributed by atoms with van der Waals surface area (Å²) >= 11 is 1.05. The van der Waals surface area contributed by atoms with Crippen LogP contribution in [0, 0.1) is 0 Å². The Balaban J connectivity index is 2.39. The number of carbonyl (C=O) groups excluding carboxylic acids is 1. The van der Waals surface area contributed by atoms with Crippen LogP contribution in [-0.4, -0.2) is 48.4 Å². The number of thioether (sulfide) groups is 1. The number of ether oxygens (including phenoxy) is 2. The number of methoxy groups -OCH3 is 2. The van der Waals surface area contributed by atoms with Gasteiger partial charge >= 0.3 is 0 Å². The van der Waals surface area contributed by atoms with Gasteiger partial charge in [0.05, 0.1) is 14.2 Å². The molecule has 1 aromatic heterocycles. The first kappa shape index (κ1) is 18.7. The third kappa shape index (κ3) is 4.44. The molecule has 0 unspecified atom stereocenters. The van der Waals surface area contributed by atoms with Crippen LogP contribution in [0.2, 0.25) is 0 Å². The number of aromatic nitrogens is 2. The Morgan fingerprint density at radius 1 is 1.20 bits per heavy atom. The number of nitrogens with two attached hydrogens (primary N) is 2. The summed E-state index contributed by atoms with van der Waals surface area (Å²) in [6.07, 6.45) is 2.07. The van der Waals surface area contributed by atoms with E-state index >= 15 is 0 Å². The molecule has 0 radical (unpaired) electrons. The minimum Gasteiger partial charge on any atom is -0.495 e. The first-order valence-corrected chi connectivity index (χ1v) is 8.18. The summed E-state index contributed by atoms with van der Waals surface area (Å²) in [7, 11) is 6.46. The second kappa shape index (κ2) is 7.93. The van der Waals surface area contributed by atoms with Gasteiger partial charge in [-0.05, 0) is 29.5 Å². The van der Waals surface area contributed by atoms with Gasteiger partial charge in [-0.25, -0.2) is 4.98 Å². The lowest BCUT2D eigenvalue weighted by atomic mass is 10.1. The molecule has 8 nitrogen and oxygen atoms in total. The van der Waals surface area contributed by atoms with E-state index in [1.807, 2.05) is 12.1 Å². The molecule has 9 heteroatoms. The van der Waals surface area contributed by atoms with Crippen molar-refractivity contribution in [3.8, 4) is 11.5 Å². The lowest BCUT2D eigenvalue weighted by Gasteiger charge is -2.16. The third-order valence-corrected chi connectivity index (χ3v) is 4.53. The fraction of sp³-hybridized carbons (Fsp3) is 0.312. The number of anilines is 2. The Morgan fingerprint density at radius 3 is 2.28 bits per heavy atom. The maximum Gasteiger partial charge on any atom is 0.286 e. The largest absolute Gasteiger partial charge is 0.495 e. The molecule has 0 saturated heterocycles. The molecule has 0 bridgehead atoms. The van der Waals surface area contributed by atoms with E-state index in [9.17, 15) is 4.79 Å². The van der Waals surface area contributed by atoms with Gasteiger partial charge in [0.15, 0.2) is 0 Å². The van der Waals surface area contributed by atoms with E-state index in [0.717, 1.165) is 22.9 Å². The van der Waals surface area contributed by atoms with E-state index < -0.39 is 0 Å². The molecule has 2 aromatic rings. The fourth-order valence-electron chi connectivity index (χ4n) is 2.11. The van der Waals surface area contributed by atoms with Crippen molar-refractivity contribution >= 4 is 28.8 Å². The fourth-order valence-corrected chi connectivity index (χ4v) is 2.95.